The van der Waals surface area contributed by atoms with E-state index < -0.39 is 0 Å². The Labute approximate surface area is 119 Å². The van der Waals surface area contributed by atoms with Gasteiger partial charge in [-0.1, -0.05) is 23.8 Å². The Hall–Kier alpha value is -1.58. The second-order valence-corrected chi connectivity index (χ2v) is 4.97. The molecule has 0 spiro atoms. The van der Waals surface area contributed by atoms with Gasteiger partial charge in [0.05, 0.1) is 0 Å². The molecule has 2 aromatic rings. The molecule has 0 saturated heterocycles. The van der Waals surface area contributed by atoms with Crippen molar-refractivity contribution in [2.45, 2.75) is 25.3 Å². The van der Waals surface area contributed by atoms with Gasteiger partial charge in [0.1, 0.15) is 5.82 Å². The van der Waals surface area contributed by atoms with Gasteiger partial charge in [-0.25, -0.2) is 4.98 Å². The average molecular weight is 276 g/mol. The third-order valence-electron chi connectivity index (χ3n) is 3.38. The molecule has 0 amide bonds. The maximum Gasteiger partial charge on any atom is 0.130 e. The third kappa shape index (κ3) is 3.25. The minimum absolute atomic E-state index is 0. The van der Waals surface area contributed by atoms with Crippen molar-refractivity contribution >= 4 is 23.9 Å². The first-order valence-corrected chi connectivity index (χ1v) is 6.27. The first-order chi connectivity index (χ1) is 8.72. The third-order valence-corrected chi connectivity index (χ3v) is 3.38. The van der Waals surface area contributed by atoms with Crippen LogP contribution in [-0.2, 0) is 0 Å². The fourth-order valence-corrected chi connectivity index (χ4v) is 2.08. The highest BCUT2D eigenvalue weighted by atomic mass is 35.5. The van der Waals surface area contributed by atoms with Crippen molar-refractivity contribution in [1.29, 1.82) is 0 Å². The molecule has 1 aromatic carbocycles. The van der Waals surface area contributed by atoms with E-state index in [4.69, 9.17) is 5.73 Å². The zero-order valence-electron chi connectivity index (χ0n) is 10.8. The van der Waals surface area contributed by atoms with Crippen molar-refractivity contribution in [3.8, 4) is 0 Å². The number of rotatable bonds is 3. The second kappa shape index (κ2) is 5.59. The molecule has 2 unspecified atom stereocenters. The molecule has 0 aliphatic heterocycles. The molecule has 1 aromatic heterocycles. The SMILES string of the molecule is Cc1ccc(Nc2ccc(C3CC3N)cn2)cc1.Cl. The molecule has 1 saturated carbocycles. The van der Waals surface area contributed by atoms with Crippen molar-refractivity contribution in [1.82, 2.24) is 4.98 Å². The van der Waals surface area contributed by atoms with E-state index in [0.717, 1.165) is 17.9 Å². The van der Waals surface area contributed by atoms with Crippen LogP contribution in [0.5, 0.6) is 0 Å². The number of benzene rings is 1. The van der Waals surface area contributed by atoms with Gasteiger partial charge in [-0.15, -0.1) is 12.4 Å². The Morgan fingerprint density at radius 2 is 1.84 bits per heavy atom. The van der Waals surface area contributed by atoms with Crippen LogP contribution in [0.4, 0.5) is 11.5 Å². The minimum Gasteiger partial charge on any atom is -0.340 e. The Morgan fingerprint density at radius 1 is 1.16 bits per heavy atom. The summed E-state index contributed by atoms with van der Waals surface area (Å²) < 4.78 is 0. The lowest BCUT2D eigenvalue weighted by molar-refractivity contribution is 0.981. The number of nitrogens with two attached hydrogens (primary N) is 1. The lowest BCUT2D eigenvalue weighted by atomic mass is 10.2. The van der Waals surface area contributed by atoms with Crippen molar-refractivity contribution in [2.75, 3.05) is 5.32 Å². The summed E-state index contributed by atoms with van der Waals surface area (Å²) in [6.45, 7) is 2.08. The van der Waals surface area contributed by atoms with Crippen molar-refractivity contribution in [2.24, 2.45) is 5.73 Å². The maximum atomic E-state index is 5.83. The molecule has 0 radical (unpaired) electrons. The monoisotopic (exact) mass is 275 g/mol. The van der Waals surface area contributed by atoms with E-state index in [1.807, 2.05) is 12.3 Å². The Bertz CT molecular complexity index is 536. The van der Waals surface area contributed by atoms with Crippen molar-refractivity contribution in [3.05, 3.63) is 53.7 Å². The highest BCUT2D eigenvalue weighted by Crippen LogP contribution is 2.38. The quantitative estimate of drug-likeness (QED) is 0.903. The van der Waals surface area contributed by atoms with Crippen LogP contribution < -0.4 is 11.1 Å². The molecule has 4 heteroatoms. The van der Waals surface area contributed by atoms with Gasteiger partial charge in [0.15, 0.2) is 0 Å². The fourth-order valence-electron chi connectivity index (χ4n) is 2.08. The van der Waals surface area contributed by atoms with Crippen LogP contribution in [0, 0.1) is 6.92 Å². The summed E-state index contributed by atoms with van der Waals surface area (Å²) in [6.07, 6.45) is 3.01. The standard InChI is InChI=1S/C15H17N3.ClH/c1-10-2-5-12(6-3-10)18-15-7-4-11(9-17-15)13-8-14(13)16;/h2-7,9,13-14H,8,16H2,1H3,(H,17,18);1H. The maximum absolute atomic E-state index is 5.83. The second-order valence-electron chi connectivity index (χ2n) is 4.97. The van der Waals surface area contributed by atoms with Gasteiger partial charge >= 0.3 is 0 Å². The van der Waals surface area contributed by atoms with Crippen LogP contribution in [0.3, 0.4) is 0 Å². The minimum atomic E-state index is 0. The molecule has 1 aliphatic rings. The van der Waals surface area contributed by atoms with E-state index in [1.165, 1.54) is 11.1 Å². The first kappa shape index (κ1) is 13.8. The van der Waals surface area contributed by atoms with Gasteiger partial charge in [-0.05, 0) is 37.1 Å². The number of hydrogen-bond donors (Lipinski definition) is 2. The number of anilines is 2. The lowest BCUT2D eigenvalue weighted by Gasteiger charge is -2.06. The molecule has 2 atom stereocenters. The smallest absolute Gasteiger partial charge is 0.130 e. The van der Waals surface area contributed by atoms with Gasteiger partial charge in [-0.3, -0.25) is 0 Å². The van der Waals surface area contributed by atoms with Crippen LogP contribution in [-0.4, -0.2) is 11.0 Å². The zero-order chi connectivity index (χ0) is 12.5. The molecule has 100 valence electrons. The molecule has 1 aliphatic carbocycles. The lowest BCUT2D eigenvalue weighted by Crippen LogP contribution is -2.01. The summed E-state index contributed by atoms with van der Waals surface area (Å²) in [6, 6.07) is 12.7. The number of aromatic nitrogens is 1. The van der Waals surface area contributed by atoms with Gasteiger partial charge < -0.3 is 11.1 Å². The highest BCUT2D eigenvalue weighted by Gasteiger charge is 2.34. The van der Waals surface area contributed by atoms with Crippen molar-refractivity contribution < 1.29 is 0 Å². The van der Waals surface area contributed by atoms with Crippen LogP contribution in [0.25, 0.3) is 0 Å². The molecule has 1 heterocycles. The van der Waals surface area contributed by atoms with Crippen LogP contribution in [0.15, 0.2) is 42.6 Å². The summed E-state index contributed by atoms with van der Waals surface area (Å²) in [7, 11) is 0. The molecule has 1 fully saturated rings. The van der Waals surface area contributed by atoms with E-state index in [9.17, 15) is 0 Å². The summed E-state index contributed by atoms with van der Waals surface area (Å²) in [5, 5.41) is 3.29. The number of halogens is 1. The average Bonchev–Trinajstić information content (AvgIpc) is 3.10. The van der Waals surface area contributed by atoms with Gasteiger partial charge in [0, 0.05) is 23.8 Å². The highest BCUT2D eigenvalue weighted by molar-refractivity contribution is 5.85. The van der Waals surface area contributed by atoms with E-state index in [2.05, 4.69) is 47.6 Å². The number of hydrogen-bond acceptors (Lipinski definition) is 3. The van der Waals surface area contributed by atoms with Gasteiger partial charge in [-0.2, -0.15) is 0 Å². The Kier molecular flexibility index (Phi) is 4.08. The Balaban J connectivity index is 0.00000133. The zero-order valence-corrected chi connectivity index (χ0v) is 11.7. The number of aryl methyl sites for hydroxylation is 1. The van der Waals surface area contributed by atoms with Crippen LogP contribution in [0.1, 0.15) is 23.5 Å². The molecular formula is C15H18ClN3. The number of nitrogens with zero attached hydrogens (tertiary/aromatic N) is 1. The topological polar surface area (TPSA) is 50.9 Å². The van der Waals surface area contributed by atoms with Crippen molar-refractivity contribution in [3.63, 3.8) is 0 Å². The fraction of sp³-hybridized carbons (Fsp3) is 0.267. The molecular weight excluding hydrogens is 258 g/mol. The van der Waals surface area contributed by atoms with E-state index in [0.29, 0.717) is 12.0 Å². The largest absolute Gasteiger partial charge is 0.340 e. The van der Waals surface area contributed by atoms with E-state index in [-0.39, 0.29) is 12.4 Å². The van der Waals surface area contributed by atoms with E-state index in [1.54, 1.807) is 0 Å². The predicted octanol–water partition coefficient (Wildman–Crippen LogP) is 3.37. The molecule has 0 bridgehead atoms. The molecule has 3 nitrogen and oxygen atoms in total. The molecule has 3 rings (SSSR count). The molecule has 3 N–H and O–H groups in total. The summed E-state index contributed by atoms with van der Waals surface area (Å²) in [4.78, 5) is 4.43. The first-order valence-electron chi connectivity index (χ1n) is 6.27. The summed E-state index contributed by atoms with van der Waals surface area (Å²) in [5.41, 5.74) is 9.39. The predicted molar refractivity (Wildman–Crippen MR) is 81.3 cm³/mol. The van der Waals surface area contributed by atoms with E-state index >= 15 is 0 Å². The summed E-state index contributed by atoms with van der Waals surface area (Å²) in [5.74, 6) is 1.39. The van der Waals surface area contributed by atoms with Crippen LogP contribution in [0.2, 0.25) is 0 Å². The number of pyridine rings is 1. The normalized spacial score (nSPS) is 20.5. The molecule has 19 heavy (non-hydrogen) atoms. The Morgan fingerprint density at radius 3 is 2.37 bits per heavy atom. The van der Waals surface area contributed by atoms with Gasteiger partial charge in [0.2, 0.25) is 0 Å². The number of nitrogens with one attached hydrogen (secondary N) is 1. The van der Waals surface area contributed by atoms with Crippen LogP contribution >= 0.6 is 12.4 Å². The van der Waals surface area contributed by atoms with Gasteiger partial charge in [0.25, 0.3) is 0 Å². The summed E-state index contributed by atoms with van der Waals surface area (Å²) >= 11 is 0.